The highest BCUT2D eigenvalue weighted by atomic mass is 19.2. The number of benzene rings is 2. The quantitative estimate of drug-likeness (QED) is 0.638. The average molecular weight is 327 g/mol. The number of likely N-dealkylation sites (N-methyl/N-ethyl adjacent to an activating group) is 1. The molecule has 0 aliphatic heterocycles. The number of halogens is 4. The summed E-state index contributed by atoms with van der Waals surface area (Å²) in [6.07, 6.45) is 0. The van der Waals surface area contributed by atoms with Crippen molar-refractivity contribution in [1.82, 2.24) is 0 Å². The standard InChI is InChI=1S/C16H14F4N2O/c1-22(8-10-3-2-4-11(17)7-10)9-14(23)21-13-6-5-12(18)15(19)16(13)20/h2-7H,8-9H2,1H3,(H,21,23)/p+1. The molecule has 2 rings (SSSR count). The molecule has 2 aromatic rings. The second-order valence-corrected chi connectivity index (χ2v) is 5.21. The van der Waals surface area contributed by atoms with E-state index in [1.165, 1.54) is 12.1 Å². The van der Waals surface area contributed by atoms with E-state index in [0.717, 1.165) is 17.0 Å². The van der Waals surface area contributed by atoms with Crippen LogP contribution < -0.4 is 10.2 Å². The molecule has 0 radical (unpaired) electrons. The van der Waals surface area contributed by atoms with Gasteiger partial charge in [0, 0.05) is 5.56 Å². The molecular formula is C16H15F4N2O+. The molecule has 0 heterocycles. The zero-order valence-electron chi connectivity index (χ0n) is 12.3. The van der Waals surface area contributed by atoms with Crippen LogP contribution in [0.15, 0.2) is 36.4 Å². The minimum absolute atomic E-state index is 0.0467. The van der Waals surface area contributed by atoms with Crippen molar-refractivity contribution in [3.05, 3.63) is 65.2 Å². The normalized spacial score (nSPS) is 12.0. The molecule has 2 aromatic carbocycles. The van der Waals surface area contributed by atoms with E-state index in [4.69, 9.17) is 0 Å². The summed E-state index contributed by atoms with van der Waals surface area (Å²) >= 11 is 0. The van der Waals surface area contributed by atoms with Gasteiger partial charge in [0.15, 0.2) is 24.0 Å². The lowest BCUT2D eigenvalue weighted by atomic mass is 10.2. The summed E-state index contributed by atoms with van der Waals surface area (Å²) in [6, 6.07) is 7.65. The molecule has 0 fully saturated rings. The SMILES string of the molecule is C[NH+](CC(=O)Nc1ccc(F)c(F)c1F)Cc1cccc(F)c1. The van der Waals surface area contributed by atoms with Gasteiger partial charge in [-0.2, -0.15) is 0 Å². The monoisotopic (exact) mass is 327 g/mol. The fourth-order valence-corrected chi connectivity index (χ4v) is 2.15. The van der Waals surface area contributed by atoms with E-state index in [0.29, 0.717) is 12.1 Å². The van der Waals surface area contributed by atoms with E-state index in [1.807, 2.05) is 0 Å². The van der Waals surface area contributed by atoms with Crippen LogP contribution in [-0.4, -0.2) is 19.5 Å². The van der Waals surface area contributed by atoms with Crippen LogP contribution in [-0.2, 0) is 11.3 Å². The van der Waals surface area contributed by atoms with Crippen LogP contribution in [0, 0.1) is 23.3 Å². The molecule has 1 atom stereocenters. The maximum absolute atomic E-state index is 13.5. The number of nitrogens with one attached hydrogen (secondary N) is 2. The van der Waals surface area contributed by atoms with Crippen molar-refractivity contribution in [1.29, 1.82) is 0 Å². The number of carbonyl (C=O) groups is 1. The van der Waals surface area contributed by atoms with Crippen LogP contribution >= 0.6 is 0 Å². The van der Waals surface area contributed by atoms with Gasteiger partial charge in [-0.15, -0.1) is 0 Å². The molecule has 3 nitrogen and oxygen atoms in total. The third-order valence-corrected chi connectivity index (χ3v) is 3.17. The minimum Gasteiger partial charge on any atom is -0.326 e. The van der Waals surface area contributed by atoms with Crippen molar-refractivity contribution in [2.45, 2.75) is 6.54 Å². The highest BCUT2D eigenvalue weighted by Crippen LogP contribution is 2.19. The average Bonchev–Trinajstić information content (AvgIpc) is 2.47. The van der Waals surface area contributed by atoms with Gasteiger partial charge in [-0.05, 0) is 24.3 Å². The molecule has 23 heavy (non-hydrogen) atoms. The summed E-state index contributed by atoms with van der Waals surface area (Å²) < 4.78 is 52.5. The molecule has 0 bridgehead atoms. The Balaban J connectivity index is 1.95. The summed E-state index contributed by atoms with van der Waals surface area (Å²) in [5.41, 5.74) is 0.279. The number of hydrogen-bond acceptors (Lipinski definition) is 1. The predicted molar refractivity (Wildman–Crippen MR) is 76.8 cm³/mol. The first kappa shape index (κ1) is 17.0. The first-order valence-corrected chi connectivity index (χ1v) is 6.86. The lowest BCUT2D eigenvalue weighted by Gasteiger charge is -2.14. The number of hydrogen-bond donors (Lipinski definition) is 2. The van der Waals surface area contributed by atoms with E-state index >= 15 is 0 Å². The van der Waals surface area contributed by atoms with Gasteiger partial charge < -0.3 is 10.2 Å². The fourth-order valence-electron chi connectivity index (χ4n) is 2.15. The van der Waals surface area contributed by atoms with E-state index in [9.17, 15) is 22.4 Å². The second-order valence-electron chi connectivity index (χ2n) is 5.21. The Morgan fingerprint density at radius 3 is 2.52 bits per heavy atom. The van der Waals surface area contributed by atoms with Gasteiger partial charge in [-0.1, -0.05) is 12.1 Å². The van der Waals surface area contributed by atoms with Gasteiger partial charge in [-0.3, -0.25) is 4.79 Å². The molecule has 0 aliphatic rings. The lowest BCUT2D eigenvalue weighted by Crippen LogP contribution is -3.08. The summed E-state index contributed by atoms with van der Waals surface area (Å²) in [5.74, 6) is -5.34. The van der Waals surface area contributed by atoms with Gasteiger partial charge in [0.2, 0.25) is 0 Å². The molecular weight excluding hydrogens is 312 g/mol. The maximum Gasteiger partial charge on any atom is 0.279 e. The number of amides is 1. The Labute approximate surface area is 130 Å². The number of rotatable bonds is 5. The maximum atomic E-state index is 13.5. The zero-order chi connectivity index (χ0) is 17.0. The zero-order valence-corrected chi connectivity index (χ0v) is 12.3. The van der Waals surface area contributed by atoms with Crippen LogP contribution in [0.5, 0.6) is 0 Å². The van der Waals surface area contributed by atoms with Crippen molar-refractivity contribution in [2.75, 3.05) is 18.9 Å². The van der Waals surface area contributed by atoms with E-state index in [2.05, 4.69) is 5.32 Å². The van der Waals surface area contributed by atoms with E-state index < -0.39 is 29.0 Å². The van der Waals surface area contributed by atoms with Crippen LogP contribution in [0.1, 0.15) is 5.56 Å². The van der Waals surface area contributed by atoms with Crippen LogP contribution in [0.3, 0.4) is 0 Å². The summed E-state index contributed by atoms with van der Waals surface area (Å²) in [6.45, 7) is 0.334. The summed E-state index contributed by atoms with van der Waals surface area (Å²) in [5, 5.41) is 2.19. The molecule has 1 amide bonds. The summed E-state index contributed by atoms with van der Waals surface area (Å²) in [4.78, 5) is 12.6. The Morgan fingerprint density at radius 2 is 1.83 bits per heavy atom. The molecule has 0 spiro atoms. The second kappa shape index (κ2) is 7.23. The van der Waals surface area contributed by atoms with E-state index in [-0.39, 0.29) is 12.4 Å². The predicted octanol–water partition coefficient (Wildman–Crippen LogP) is 1.90. The van der Waals surface area contributed by atoms with Gasteiger partial charge in [-0.25, -0.2) is 17.6 Å². The topological polar surface area (TPSA) is 33.5 Å². The largest absolute Gasteiger partial charge is 0.326 e. The number of carbonyl (C=O) groups excluding carboxylic acids is 1. The van der Waals surface area contributed by atoms with Gasteiger partial charge >= 0.3 is 0 Å². The summed E-state index contributed by atoms with van der Waals surface area (Å²) in [7, 11) is 1.70. The van der Waals surface area contributed by atoms with Crippen molar-refractivity contribution in [2.24, 2.45) is 0 Å². The Bertz CT molecular complexity index is 721. The highest BCUT2D eigenvalue weighted by molar-refractivity contribution is 5.91. The van der Waals surface area contributed by atoms with Crippen LogP contribution in [0.2, 0.25) is 0 Å². The minimum atomic E-state index is -1.64. The van der Waals surface area contributed by atoms with Gasteiger partial charge in [0.05, 0.1) is 12.7 Å². The molecule has 7 heteroatoms. The molecule has 0 saturated carbocycles. The van der Waals surface area contributed by atoms with E-state index in [1.54, 1.807) is 19.2 Å². The van der Waals surface area contributed by atoms with Crippen molar-refractivity contribution in [3.8, 4) is 0 Å². The Hall–Kier alpha value is -2.41. The fraction of sp³-hybridized carbons (Fsp3) is 0.188. The molecule has 0 aliphatic carbocycles. The van der Waals surface area contributed by atoms with Crippen molar-refractivity contribution >= 4 is 11.6 Å². The number of quaternary nitrogens is 1. The van der Waals surface area contributed by atoms with Crippen molar-refractivity contribution in [3.63, 3.8) is 0 Å². The third-order valence-electron chi connectivity index (χ3n) is 3.17. The number of anilines is 1. The van der Waals surface area contributed by atoms with Crippen molar-refractivity contribution < 1.29 is 27.3 Å². The first-order chi connectivity index (χ1) is 10.9. The Morgan fingerprint density at radius 1 is 1.09 bits per heavy atom. The van der Waals surface area contributed by atoms with Crippen LogP contribution in [0.25, 0.3) is 0 Å². The molecule has 2 N–H and O–H groups in total. The third kappa shape index (κ3) is 4.53. The van der Waals surface area contributed by atoms with Gasteiger partial charge in [0.1, 0.15) is 12.4 Å². The highest BCUT2D eigenvalue weighted by Gasteiger charge is 2.17. The Kier molecular flexibility index (Phi) is 5.33. The van der Waals surface area contributed by atoms with Crippen LogP contribution in [0.4, 0.5) is 23.2 Å². The smallest absolute Gasteiger partial charge is 0.279 e. The molecule has 122 valence electrons. The molecule has 0 saturated heterocycles. The molecule has 0 aromatic heterocycles. The molecule has 1 unspecified atom stereocenters. The first-order valence-electron chi connectivity index (χ1n) is 6.86. The lowest BCUT2D eigenvalue weighted by molar-refractivity contribution is -0.885. The van der Waals surface area contributed by atoms with Gasteiger partial charge in [0.25, 0.3) is 5.91 Å².